The van der Waals surface area contributed by atoms with Crippen LogP contribution in [0.25, 0.3) is 0 Å². The summed E-state index contributed by atoms with van der Waals surface area (Å²) in [5, 5.41) is 10.8. The fourth-order valence-corrected chi connectivity index (χ4v) is 2.43. The molecule has 16 heavy (non-hydrogen) atoms. The number of hydrogen-bond donors (Lipinski definition) is 1. The van der Waals surface area contributed by atoms with Crippen LogP contribution in [0.3, 0.4) is 0 Å². The molecule has 0 heterocycles. The van der Waals surface area contributed by atoms with Gasteiger partial charge in [-0.05, 0) is 30.0 Å². The quantitative estimate of drug-likeness (QED) is 0.896. The van der Waals surface area contributed by atoms with Crippen LogP contribution in [0.15, 0.2) is 22.7 Å². The Kier molecular flexibility index (Phi) is 5.76. The topological polar surface area (TPSA) is 29.5 Å². The fraction of sp³-hybridized carbons (Fsp3) is 0.500. The molecule has 4 heteroatoms. The Hall–Kier alpha value is -0.0900. The van der Waals surface area contributed by atoms with Crippen molar-refractivity contribution in [3.05, 3.63) is 33.3 Å². The predicted molar refractivity (Wildman–Crippen MR) is 69.8 cm³/mol. The molecular formula is C12H16BrClO2. The van der Waals surface area contributed by atoms with Crippen LogP contribution < -0.4 is 0 Å². The number of hydrogen-bond acceptors (Lipinski definition) is 2. The van der Waals surface area contributed by atoms with E-state index in [2.05, 4.69) is 15.9 Å². The van der Waals surface area contributed by atoms with Crippen LogP contribution in [-0.4, -0.2) is 18.8 Å². The highest BCUT2D eigenvalue weighted by Gasteiger charge is 2.18. The second-order valence-electron chi connectivity index (χ2n) is 3.87. The van der Waals surface area contributed by atoms with E-state index in [1.54, 1.807) is 19.2 Å². The maximum Gasteiger partial charge on any atom is 0.0827 e. The number of aliphatic hydroxyl groups excluding tert-OH is 1. The zero-order valence-corrected chi connectivity index (χ0v) is 11.8. The molecule has 0 aliphatic rings. The molecule has 1 aromatic carbocycles. The normalized spacial score (nSPS) is 14.8. The molecule has 0 amide bonds. The zero-order valence-electron chi connectivity index (χ0n) is 9.41. The second kappa shape index (κ2) is 6.60. The molecule has 1 rings (SSSR count). The van der Waals surface area contributed by atoms with Gasteiger partial charge in [-0.2, -0.15) is 0 Å². The van der Waals surface area contributed by atoms with Gasteiger partial charge in [0.25, 0.3) is 0 Å². The summed E-state index contributed by atoms with van der Waals surface area (Å²) in [6.45, 7) is 2.66. The lowest BCUT2D eigenvalue weighted by Crippen LogP contribution is -2.12. The molecule has 0 saturated carbocycles. The average molecular weight is 308 g/mol. The number of ether oxygens (including phenoxy) is 1. The van der Waals surface area contributed by atoms with E-state index in [1.165, 1.54) is 0 Å². The van der Waals surface area contributed by atoms with Crippen LogP contribution in [0, 0.1) is 5.92 Å². The van der Waals surface area contributed by atoms with Gasteiger partial charge in [-0.25, -0.2) is 0 Å². The van der Waals surface area contributed by atoms with Crippen molar-refractivity contribution in [2.75, 3.05) is 13.7 Å². The van der Waals surface area contributed by atoms with Crippen molar-refractivity contribution < 1.29 is 9.84 Å². The molecule has 0 saturated heterocycles. The average Bonchev–Trinajstić information content (AvgIpc) is 2.25. The van der Waals surface area contributed by atoms with E-state index in [1.807, 2.05) is 13.0 Å². The molecule has 0 aliphatic heterocycles. The van der Waals surface area contributed by atoms with Crippen LogP contribution in [0.4, 0.5) is 0 Å². The van der Waals surface area contributed by atoms with Crippen molar-refractivity contribution in [2.24, 2.45) is 5.92 Å². The van der Waals surface area contributed by atoms with E-state index in [4.69, 9.17) is 16.3 Å². The first kappa shape index (κ1) is 14.0. The first-order valence-corrected chi connectivity index (χ1v) is 6.35. The molecule has 2 unspecified atom stereocenters. The number of methoxy groups -OCH3 is 1. The van der Waals surface area contributed by atoms with Crippen molar-refractivity contribution in [3.8, 4) is 0 Å². The van der Waals surface area contributed by atoms with Crippen LogP contribution in [-0.2, 0) is 4.74 Å². The summed E-state index contributed by atoms with van der Waals surface area (Å²) in [5.41, 5.74) is 0.869. The standard InChI is InChI=1S/C12H16BrClO2/c1-8(5-6-16-2)12(15)10-4-3-9(14)7-11(10)13/h3-4,7-8,12,15H,5-6H2,1-2H3. The van der Waals surface area contributed by atoms with Crippen LogP contribution in [0.1, 0.15) is 25.0 Å². The van der Waals surface area contributed by atoms with Crippen LogP contribution in [0.5, 0.6) is 0 Å². The van der Waals surface area contributed by atoms with Gasteiger partial charge in [-0.15, -0.1) is 0 Å². The lowest BCUT2D eigenvalue weighted by atomic mass is 9.95. The second-order valence-corrected chi connectivity index (χ2v) is 5.16. The number of rotatable bonds is 5. The lowest BCUT2D eigenvalue weighted by molar-refractivity contribution is 0.0881. The van der Waals surface area contributed by atoms with Gasteiger partial charge in [0.2, 0.25) is 0 Å². The first-order chi connectivity index (χ1) is 7.56. The van der Waals surface area contributed by atoms with E-state index in [-0.39, 0.29) is 5.92 Å². The Balaban J connectivity index is 2.75. The first-order valence-electron chi connectivity index (χ1n) is 5.18. The molecule has 0 bridgehead atoms. The highest BCUT2D eigenvalue weighted by Crippen LogP contribution is 2.31. The molecule has 2 atom stereocenters. The van der Waals surface area contributed by atoms with E-state index >= 15 is 0 Å². The van der Waals surface area contributed by atoms with Crippen LogP contribution in [0.2, 0.25) is 5.02 Å². The Morgan fingerprint density at radius 2 is 2.19 bits per heavy atom. The van der Waals surface area contributed by atoms with Gasteiger partial charge >= 0.3 is 0 Å². The van der Waals surface area contributed by atoms with Gasteiger partial charge < -0.3 is 9.84 Å². The van der Waals surface area contributed by atoms with E-state index in [0.29, 0.717) is 11.6 Å². The molecule has 1 N–H and O–H groups in total. The Morgan fingerprint density at radius 3 is 2.75 bits per heavy atom. The van der Waals surface area contributed by atoms with Gasteiger partial charge in [0.15, 0.2) is 0 Å². The third-order valence-electron chi connectivity index (χ3n) is 2.60. The molecule has 0 aliphatic carbocycles. The van der Waals surface area contributed by atoms with E-state index in [0.717, 1.165) is 16.5 Å². The summed E-state index contributed by atoms with van der Waals surface area (Å²) in [7, 11) is 1.66. The summed E-state index contributed by atoms with van der Waals surface area (Å²) in [6.07, 6.45) is 0.328. The maximum absolute atomic E-state index is 10.2. The van der Waals surface area contributed by atoms with Crippen molar-refractivity contribution in [1.29, 1.82) is 0 Å². The van der Waals surface area contributed by atoms with E-state index in [9.17, 15) is 5.11 Å². The van der Waals surface area contributed by atoms with Gasteiger partial charge in [0, 0.05) is 23.2 Å². The smallest absolute Gasteiger partial charge is 0.0827 e. The predicted octanol–water partition coefficient (Wildman–Crippen LogP) is 3.81. The van der Waals surface area contributed by atoms with Gasteiger partial charge in [0.05, 0.1) is 6.10 Å². The summed E-state index contributed by atoms with van der Waals surface area (Å²) in [4.78, 5) is 0. The van der Waals surface area contributed by atoms with Gasteiger partial charge in [-0.3, -0.25) is 0 Å². The summed E-state index contributed by atoms with van der Waals surface area (Å²) in [6, 6.07) is 5.43. The van der Waals surface area contributed by atoms with Gasteiger partial charge in [0.1, 0.15) is 0 Å². The molecule has 0 aromatic heterocycles. The molecule has 1 aromatic rings. The Bertz CT molecular complexity index is 344. The number of aliphatic hydroxyl groups is 1. The lowest BCUT2D eigenvalue weighted by Gasteiger charge is -2.20. The van der Waals surface area contributed by atoms with Crippen molar-refractivity contribution in [1.82, 2.24) is 0 Å². The SMILES string of the molecule is COCCC(C)C(O)c1ccc(Cl)cc1Br. The van der Waals surface area contributed by atoms with Gasteiger partial charge in [-0.1, -0.05) is 40.5 Å². The third-order valence-corrected chi connectivity index (χ3v) is 3.52. The minimum absolute atomic E-state index is 0.150. The molecule has 0 spiro atoms. The highest BCUT2D eigenvalue weighted by molar-refractivity contribution is 9.10. The van der Waals surface area contributed by atoms with E-state index < -0.39 is 6.10 Å². The Morgan fingerprint density at radius 1 is 1.50 bits per heavy atom. The Labute approximate surface area is 110 Å². The zero-order chi connectivity index (χ0) is 12.1. The van der Waals surface area contributed by atoms with Crippen molar-refractivity contribution >= 4 is 27.5 Å². The molecule has 0 radical (unpaired) electrons. The number of halogens is 2. The summed E-state index contributed by atoms with van der Waals surface area (Å²) < 4.78 is 5.85. The van der Waals surface area contributed by atoms with Crippen molar-refractivity contribution in [3.63, 3.8) is 0 Å². The number of benzene rings is 1. The largest absolute Gasteiger partial charge is 0.388 e. The highest BCUT2D eigenvalue weighted by atomic mass is 79.9. The third kappa shape index (κ3) is 3.74. The fourth-order valence-electron chi connectivity index (χ4n) is 1.51. The maximum atomic E-state index is 10.2. The molecule has 2 nitrogen and oxygen atoms in total. The molecule has 0 fully saturated rings. The monoisotopic (exact) mass is 306 g/mol. The van der Waals surface area contributed by atoms with Crippen LogP contribution >= 0.6 is 27.5 Å². The molecule has 90 valence electrons. The molecular weight excluding hydrogens is 291 g/mol. The summed E-state index contributed by atoms with van der Waals surface area (Å²) >= 11 is 9.26. The minimum atomic E-state index is -0.498. The van der Waals surface area contributed by atoms with Crippen molar-refractivity contribution in [2.45, 2.75) is 19.4 Å². The summed E-state index contributed by atoms with van der Waals surface area (Å²) in [5.74, 6) is 0.150. The minimum Gasteiger partial charge on any atom is -0.388 e.